The molecule has 0 unspecified atom stereocenters. The molecule has 0 spiro atoms. The average Bonchev–Trinajstić information content (AvgIpc) is 2.75. The Morgan fingerprint density at radius 1 is 0.903 bits per heavy atom. The number of carbonyl (C=O) groups is 2. The predicted octanol–water partition coefficient (Wildman–Crippen LogP) is 3.39. The van der Waals surface area contributed by atoms with Crippen LogP contribution in [0, 0.1) is 6.92 Å². The van der Waals surface area contributed by atoms with Crippen molar-refractivity contribution >= 4 is 55.8 Å². The minimum Gasteiger partial charge on any atom is -0.483 e. The number of halogens is 1. The zero-order valence-electron chi connectivity index (χ0n) is 16.6. The highest BCUT2D eigenvalue weighted by Crippen LogP contribution is 2.25. The summed E-state index contributed by atoms with van der Waals surface area (Å²) in [5.74, 6) is 0.285. The van der Waals surface area contributed by atoms with Crippen LogP contribution in [0.15, 0.2) is 65.1 Å². The summed E-state index contributed by atoms with van der Waals surface area (Å²) in [5.41, 5.74) is 5.72. The van der Waals surface area contributed by atoms with Crippen LogP contribution in [0.2, 0.25) is 0 Å². The third-order valence-electron chi connectivity index (χ3n) is 4.17. The molecule has 0 aliphatic rings. The Morgan fingerprint density at radius 3 is 2.42 bits per heavy atom. The fourth-order valence-electron chi connectivity index (χ4n) is 2.74. The zero-order valence-corrected chi connectivity index (χ0v) is 19.0. The van der Waals surface area contributed by atoms with E-state index in [0.717, 1.165) is 20.8 Å². The van der Waals surface area contributed by atoms with Crippen molar-refractivity contribution in [3.8, 4) is 11.5 Å². The SMILES string of the molecule is Cc1cc(Br)ccc1OCC(=O)NNC(=S)NC(=O)COc1cccc2ccccc12. The molecule has 0 bridgehead atoms. The highest BCUT2D eigenvalue weighted by molar-refractivity contribution is 9.10. The van der Waals surface area contributed by atoms with Crippen LogP contribution in [0.4, 0.5) is 0 Å². The van der Waals surface area contributed by atoms with Gasteiger partial charge in [-0.1, -0.05) is 52.3 Å². The van der Waals surface area contributed by atoms with Gasteiger partial charge in [-0.15, -0.1) is 0 Å². The minimum atomic E-state index is -0.457. The van der Waals surface area contributed by atoms with Crippen LogP contribution in [0.3, 0.4) is 0 Å². The molecule has 0 aliphatic carbocycles. The normalized spacial score (nSPS) is 10.3. The van der Waals surface area contributed by atoms with E-state index in [0.29, 0.717) is 11.5 Å². The largest absolute Gasteiger partial charge is 0.483 e. The first-order chi connectivity index (χ1) is 14.9. The summed E-state index contributed by atoms with van der Waals surface area (Å²) in [6.45, 7) is 1.44. The maximum atomic E-state index is 12.1. The van der Waals surface area contributed by atoms with Crippen molar-refractivity contribution in [2.24, 2.45) is 0 Å². The van der Waals surface area contributed by atoms with E-state index in [4.69, 9.17) is 21.7 Å². The number of aryl methyl sites for hydroxylation is 1. The van der Waals surface area contributed by atoms with E-state index in [9.17, 15) is 9.59 Å². The molecule has 0 atom stereocenters. The summed E-state index contributed by atoms with van der Waals surface area (Å²) in [4.78, 5) is 24.0. The predicted molar refractivity (Wildman–Crippen MR) is 126 cm³/mol. The second-order valence-corrected chi connectivity index (χ2v) is 7.84. The molecule has 0 aromatic heterocycles. The quantitative estimate of drug-likeness (QED) is 0.354. The third kappa shape index (κ3) is 6.66. The second-order valence-electron chi connectivity index (χ2n) is 6.51. The molecule has 0 aliphatic heterocycles. The number of amides is 2. The summed E-state index contributed by atoms with van der Waals surface area (Å²) < 4.78 is 12.0. The Kier molecular flexibility index (Phi) is 7.80. The standard InChI is InChI=1S/C22H20BrN3O4S/c1-14-11-16(23)9-10-18(14)29-13-21(28)25-26-22(31)24-20(27)12-30-19-8-4-6-15-5-2-3-7-17(15)19/h2-11H,12-13H2,1H3,(H,25,28)(H2,24,26,27,31). The van der Waals surface area contributed by atoms with Crippen molar-refractivity contribution in [3.05, 3.63) is 70.7 Å². The molecule has 0 saturated heterocycles. The minimum absolute atomic E-state index is 0.0558. The highest BCUT2D eigenvalue weighted by Gasteiger charge is 2.09. The summed E-state index contributed by atoms with van der Waals surface area (Å²) in [6, 6.07) is 18.8. The van der Waals surface area contributed by atoms with Gasteiger partial charge in [-0.25, -0.2) is 0 Å². The Bertz CT molecular complexity index is 1120. The van der Waals surface area contributed by atoms with Crippen molar-refractivity contribution in [2.45, 2.75) is 6.92 Å². The van der Waals surface area contributed by atoms with Gasteiger partial charge in [0, 0.05) is 9.86 Å². The number of rotatable bonds is 6. The van der Waals surface area contributed by atoms with Crippen LogP contribution in [-0.4, -0.2) is 30.1 Å². The molecular weight excluding hydrogens is 482 g/mol. The van der Waals surface area contributed by atoms with Crippen molar-refractivity contribution in [1.82, 2.24) is 16.2 Å². The van der Waals surface area contributed by atoms with Crippen LogP contribution in [-0.2, 0) is 9.59 Å². The maximum absolute atomic E-state index is 12.1. The summed E-state index contributed by atoms with van der Waals surface area (Å²) in [6.07, 6.45) is 0. The first kappa shape index (κ1) is 22.5. The van der Waals surface area contributed by atoms with Gasteiger partial charge < -0.3 is 9.47 Å². The Balaban J connectivity index is 1.39. The molecule has 160 valence electrons. The molecule has 3 N–H and O–H groups in total. The number of ether oxygens (including phenoxy) is 2. The Labute approximate surface area is 193 Å². The summed E-state index contributed by atoms with van der Waals surface area (Å²) in [7, 11) is 0. The number of fused-ring (bicyclic) bond motifs is 1. The van der Waals surface area contributed by atoms with Gasteiger partial charge in [0.05, 0.1) is 0 Å². The number of benzene rings is 3. The van der Waals surface area contributed by atoms with Gasteiger partial charge >= 0.3 is 0 Å². The lowest BCUT2D eigenvalue weighted by molar-refractivity contribution is -0.124. The number of hydrogen-bond acceptors (Lipinski definition) is 5. The topological polar surface area (TPSA) is 88.7 Å². The lowest BCUT2D eigenvalue weighted by Gasteiger charge is -2.13. The fraction of sp³-hybridized carbons (Fsp3) is 0.136. The molecule has 7 nitrogen and oxygen atoms in total. The molecule has 0 saturated carbocycles. The van der Waals surface area contributed by atoms with Crippen LogP contribution in [0.1, 0.15) is 5.56 Å². The molecule has 3 aromatic rings. The van der Waals surface area contributed by atoms with Crippen LogP contribution in [0.25, 0.3) is 10.8 Å². The van der Waals surface area contributed by atoms with Crippen LogP contribution >= 0.6 is 28.1 Å². The highest BCUT2D eigenvalue weighted by atomic mass is 79.9. The van der Waals surface area contributed by atoms with Gasteiger partial charge in [0.1, 0.15) is 11.5 Å². The first-order valence-corrected chi connectivity index (χ1v) is 10.5. The van der Waals surface area contributed by atoms with Crippen molar-refractivity contribution < 1.29 is 19.1 Å². The molecule has 0 fully saturated rings. The number of hydrazine groups is 1. The van der Waals surface area contributed by atoms with Crippen molar-refractivity contribution in [2.75, 3.05) is 13.2 Å². The molecule has 3 rings (SSSR count). The maximum Gasteiger partial charge on any atom is 0.276 e. The van der Waals surface area contributed by atoms with Gasteiger partial charge in [-0.05, 0) is 54.4 Å². The summed E-state index contributed by atoms with van der Waals surface area (Å²) >= 11 is 8.38. The lowest BCUT2D eigenvalue weighted by atomic mass is 10.1. The molecule has 9 heteroatoms. The van der Waals surface area contributed by atoms with Gasteiger partial charge in [-0.3, -0.25) is 25.8 Å². The van der Waals surface area contributed by atoms with E-state index in [1.54, 1.807) is 12.1 Å². The van der Waals surface area contributed by atoms with E-state index < -0.39 is 11.8 Å². The molecule has 0 heterocycles. The fourth-order valence-corrected chi connectivity index (χ4v) is 3.38. The molecule has 3 aromatic carbocycles. The van der Waals surface area contributed by atoms with E-state index in [1.165, 1.54) is 0 Å². The number of hydrogen-bond donors (Lipinski definition) is 3. The van der Waals surface area contributed by atoms with Gasteiger partial charge in [0.15, 0.2) is 18.3 Å². The summed E-state index contributed by atoms with van der Waals surface area (Å²) in [5, 5.41) is 4.31. The van der Waals surface area contributed by atoms with Gasteiger partial charge in [0.25, 0.3) is 11.8 Å². The van der Waals surface area contributed by atoms with Crippen LogP contribution in [0.5, 0.6) is 11.5 Å². The van der Waals surface area contributed by atoms with E-state index >= 15 is 0 Å². The number of carbonyl (C=O) groups excluding carboxylic acids is 2. The average molecular weight is 502 g/mol. The Hall–Kier alpha value is -3.17. The number of nitrogens with one attached hydrogen (secondary N) is 3. The van der Waals surface area contributed by atoms with Crippen molar-refractivity contribution in [1.29, 1.82) is 0 Å². The third-order valence-corrected chi connectivity index (χ3v) is 4.87. The second kappa shape index (κ2) is 10.7. The zero-order chi connectivity index (χ0) is 22.2. The monoisotopic (exact) mass is 501 g/mol. The lowest BCUT2D eigenvalue weighted by Crippen LogP contribution is -2.50. The molecule has 2 amide bonds. The van der Waals surface area contributed by atoms with E-state index in [-0.39, 0.29) is 18.3 Å². The van der Waals surface area contributed by atoms with Gasteiger partial charge in [-0.2, -0.15) is 0 Å². The van der Waals surface area contributed by atoms with Crippen LogP contribution < -0.4 is 25.6 Å². The Morgan fingerprint density at radius 2 is 1.61 bits per heavy atom. The first-order valence-electron chi connectivity index (χ1n) is 9.30. The smallest absolute Gasteiger partial charge is 0.276 e. The van der Waals surface area contributed by atoms with E-state index in [1.807, 2.05) is 55.5 Å². The van der Waals surface area contributed by atoms with E-state index in [2.05, 4.69) is 32.1 Å². The number of thiocarbonyl (C=S) groups is 1. The van der Waals surface area contributed by atoms with Crippen molar-refractivity contribution in [3.63, 3.8) is 0 Å². The van der Waals surface area contributed by atoms with Gasteiger partial charge in [0.2, 0.25) is 0 Å². The molecule has 31 heavy (non-hydrogen) atoms. The molecule has 0 radical (unpaired) electrons. The molecular formula is C22H20BrN3O4S.